The lowest BCUT2D eigenvalue weighted by Crippen LogP contribution is -2.51. The van der Waals surface area contributed by atoms with Crippen LogP contribution in [-0.4, -0.2) is 55.4 Å². The van der Waals surface area contributed by atoms with Crippen LogP contribution in [0, 0.1) is 0 Å². The largest absolute Gasteiger partial charge is 0.496 e. The van der Waals surface area contributed by atoms with Crippen LogP contribution in [0.4, 0.5) is 0 Å². The van der Waals surface area contributed by atoms with Gasteiger partial charge in [0, 0.05) is 25.7 Å². The van der Waals surface area contributed by atoms with E-state index in [9.17, 15) is 14.4 Å². The number of hydrogen-bond acceptors (Lipinski definition) is 4. The van der Waals surface area contributed by atoms with Crippen molar-refractivity contribution in [1.82, 2.24) is 15.5 Å². The Bertz CT molecular complexity index is 1410. The van der Waals surface area contributed by atoms with E-state index < -0.39 is 5.41 Å². The van der Waals surface area contributed by atoms with Gasteiger partial charge in [-0.2, -0.15) is 0 Å². The van der Waals surface area contributed by atoms with Gasteiger partial charge < -0.3 is 20.3 Å². The second-order valence-corrected chi connectivity index (χ2v) is 10.7. The van der Waals surface area contributed by atoms with Crippen LogP contribution in [0.1, 0.15) is 58.6 Å². The topological polar surface area (TPSA) is 87.7 Å². The second kappa shape index (κ2) is 12.4. The van der Waals surface area contributed by atoms with Crippen LogP contribution in [-0.2, 0) is 15.0 Å². The van der Waals surface area contributed by atoms with Crippen molar-refractivity contribution in [2.24, 2.45) is 0 Å². The molecule has 2 N–H and O–H groups in total. The van der Waals surface area contributed by atoms with Gasteiger partial charge in [-0.25, -0.2) is 0 Å². The van der Waals surface area contributed by atoms with E-state index >= 15 is 0 Å². The van der Waals surface area contributed by atoms with Crippen LogP contribution in [0.3, 0.4) is 0 Å². The van der Waals surface area contributed by atoms with E-state index in [0.29, 0.717) is 56.6 Å². The molecule has 0 unspecified atom stereocenters. The van der Waals surface area contributed by atoms with Crippen molar-refractivity contribution in [3.63, 3.8) is 0 Å². The summed E-state index contributed by atoms with van der Waals surface area (Å²) < 4.78 is 5.33. The van der Waals surface area contributed by atoms with Crippen molar-refractivity contribution in [3.05, 3.63) is 114 Å². The van der Waals surface area contributed by atoms with Crippen LogP contribution in [0.15, 0.2) is 91.5 Å². The highest BCUT2D eigenvalue weighted by Gasteiger charge is 2.48. The molecule has 1 heterocycles. The quantitative estimate of drug-likeness (QED) is 0.401. The van der Waals surface area contributed by atoms with Crippen molar-refractivity contribution in [2.75, 3.05) is 26.7 Å². The average molecular weight is 552 g/mol. The van der Waals surface area contributed by atoms with Gasteiger partial charge in [-0.3, -0.25) is 14.4 Å². The lowest BCUT2D eigenvalue weighted by Gasteiger charge is -2.42. The molecule has 1 fully saturated rings. The maximum Gasteiger partial charge on any atom is 0.255 e. The fourth-order valence-corrected chi connectivity index (χ4v) is 6.36. The SMILES string of the molecule is C=CCNC(=O)[C@]1(c2ccccc2)CC[C@@H](C(=O)N2CCC(NC(=O)c3ccccc3OC)CC2)c2ccccc21. The highest BCUT2D eigenvalue weighted by molar-refractivity contribution is 5.97. The zero-order valence-electron chi connectivity index (χ0n) is 23.5. The predicted molar refractivity (Wildman–Crippen MR) is 159 cm³/mol. The molecule has 41 heavy (non-hydrogen) atoms. The number of likely N-dealkylation sites (tertiary alicyclic amines) is 1. The molecule has 5 rings (SSSR count). The van der Waals surface area contributed by atoms with Crippen molar-refractivity contribution in [3.8, 4) is 5.75 Å². The Kier molecular flexibility index (Phi) is 8.53. The number of piperidine rings is 1. The van der Waals surface area contributed by atoms with Crippen molar-refractivity contribution in [2.45, 2.75) is 43.1 Å². The van der Waals surface area contributed by atoms with Gasteiger partial charge in [-0.05, 0) is 54.5 Å². The number of rotatable bonds is 8. The zero-order chi connectivity index (χ0) is 28.8. The fraction of sp³-hybridized carbons (Fsp3) is 0.324. The number of amides is 3. The summed E-state index contributed by atoms with van der Waals surface area (Å²) in [5.74, 6) is 0.0578. The van der Waals surface area contributed by atoms with Gasteiger partial charge in [-0.1, -0.05) is 72.8 Å². The Balaban J connectivity index is 1.33. The standard InChI is InChI=1S/C34H37N3O4/c1-3-21-35-33(40)34(24-11-5-4-6-12-24)20-17-27(26-13-7-9-15-29(26)34)32(39)37-22-18-25(19-23-37)36-31(38)28-14-8-10-16-30(28)41-2/h3-16,25,27H,1,17-23H2,2H3,(H,35,40)(H,36,38)/t27-,34+/m1/s1. The van der Waals surface area contributed by atoms with Gasteiger partial charge in [0.15, 0.2) is 0 Å². The molecule has 1 aliphatic heterocycles. The third kappa shape index (κ3) is 5.49. The molecule has 0 bridgehead atoms. The fourth-order valence-electron chi connectivity index (χ4n) is 6.36. The van der Waals surface area contributed by atoms with Gasteiger partial charge in [-0.15, -0.1) is 6.58 Å². The molecule has 1 aliphatic carbocycles. The van der Waals surface area contributed by atoms with Crippen molar-refractivity contribution < 1.29 is 19.1 Å². The average Bonchev–Trinajstić information content (AvgIpc) is 3.03. The minimum Gasteiger partial charge on any atom is -0.496 e. The molecule has 0 saturated carbocycles. The van der Waals surface area contributed by atoms with Crippen LogP contribution < -0.4 is 15.4 Å². The van der Waals surface area contributed by atoms with E-state index in [1.54, 1.807) is 25.3 Å². The Hall–Kier alpha value is -4.39. The number of benzene rings is 3. The number of nitrogens with zero attached hydrogens (tertiary/aromatic N) is 1. The maximum atomic E-state index is 13.9. The van der Waals surface area contributed by atoms with Crippen LogP contribution in [0.5, 0.6) is 5.75 Å². The summed E-state index contributed by atoms with van der Waals surface area (Å²) in [7, 11) is 1.55. The molecule has 212 valence electrons. The number of hydrogen-bond donors (Lipinski definition) is 2. The minimum absolute atomic E-state index is 0.0191. The van der Waals surface area contributed by atoms with Crippen LogP contribution >= 0.6 is 0 Å². The van der Waals surface area contributed by atoms with E-state index in [2.05, 4.69) is 17.2 Å². The molecule has 2 aliphatic rings. The number of methoxy groups -OCH3 is 1. The predicted octanol–water partition coefficient (Wildman–Crippen LogP) is 4.58. The Morgan fingerprint density at radius 1 is 0.951 bits per heavy atom. The number of fused-ring (bicyclic) bond motifs is 1. The number of carbonyl (C=O) groups is 3. The Morgan fingerprint density at radius 3 is 2.37 bits per heavy atom. The third-order valence-electron chi connectivity index (χ3n) is 8.46. The number of para-hydroxylation sites is 1. The molecule has 7 nitrogen and oxygen atoms in total. The summed E-state index contributed by atoms with van der Waals surface area (Å²) in [6.07, 6.45) is 4.13. The molecule has 7 heteroatoms. The number of ether oxygens (including phenoxy) is 1. The molecular weight excluding hydrogens is 514 g/mol. The molecule has 2 atom stereocenters. The first-order valence-electron chi connectivity index (χ1n) is 14.3. The summed E-state index contributed by atoms with van der Waals surface area (Å²) in [4.78, 5) is 42.5. The normalized spacial score (nSPS) is 20.4. The lowest BCUT2D eigenvalue weighted by atomic mass is 9.62. The van der Waals surface area contributed by atoms with Gasteiger partial charge in [0.25, 0.3) is 5.91 Å². The molecule has 3 aromatic carbocycles. The van der Waals surface area contributed by atoms with Crippen LogP contribution in [0.2, 0.25) is 0 Å². The van der Waals surface area contributed by atoms with E-state index in [1.165, 1.54) is 0 Å². The van der Waals surface area contributed by atoms with Gasteiger partial charge in [0.1, 0.15) is 5.75 Å². The summed E-state index contributed by atoms with van der Waals surface area (Å²) in [5, 5.41) is 6.15. The Labute approximate surface area is 241 Å². The smallest absolute Gasteiger partial charge is 0.255 e. The number of carbonyl (C=O) groups excluding carboxylic acids is 3. The zero-order valence-corrected chi connectivity index (χ0v) is 23.5. The summed E-state index contributed by atoms with van der Waals surface area (Å²) in [5.41, 5.74) is 2.34. The van der Waals surface area contributed by atoms with Crippen LogP contribution in [0.25, 0.3) is 0 Å². The third-order valence-corrected chi connectivity index (χ3v) is 8.46. The molecule has 3 aromatic rings. The molecule has 0 spiro atoms. The highest BCUT2D eigenvalue weighted by atomic mass is 16.5. The van der Waals surface area contributed by atoms with Gasteiger partial charge >= 0.3 is 0 Å². The van der Waals surface area contributed by atoms with E-state index in [-0.39, 0.29) is 29.7 Å². The summed E-state index contributed by atoms with van der Waals surface area (Å²) >= 11 is 0. The maximum absolute atomic E-state index is 13.9. The highest BCUT2D eigenvalue weighted by Crippen LogP contribution is 2.48. The molecule has 1 saturated heterocycles. The van der Waals surface area contributed by atoms with Crippen molar-refractivity contribution in [1.29, 1.82) is 0 Å². The second-order valence-electron chi connectivity index (χ2n) is 10.7. The van der Waals surface area contributed by atoms with Gasteiger partial charge in [0.2, 0.25) is 11.8 Å². The molecule has 0 aromatic heterocycles. The van der Waals surface area contributed by atoms with E-state index in [1.807, 2.05) is 71.6 Å². The number of nitrogens with one attached hydrogen (secondary N) is 2. The first-order chi connectivity index (χ1) is 20.0. The first kappa shape index (κ1) is 28.1. The molecule has 0 radical (unpaired) electrons. The summed E-state index contributed by atoms with van der Waals surface area (Å²) in [6, 6.07) is 24.9. The molecule has 3 amide bonds. The Morgan fingerprint density at radius 2 is 1.63 bits per heavy atom. The lowest BCUT2D eigenvalue weighted by molar-refractivity contribution is -0.135. The van der Waals surface area contributed by atoms with E-state index in [0.717, 1.165) is 16.7 Å². The first-order valence-corrected chi connectivity index (χ1v) is 14.3. The monoisotopic (exact) mass is 551 g/mol. The summed E-state index contributed by atoms with van der Waals surface area (Å²) in [6.45, 7) is 5.27. The van der Waals surface area contributed by atoms with Gasteiger partial charge in [0.05, 0.1) is 24.0 Å². The van der Waals surface area contributed by atoms with E-state index in [4.69, 9.17) is 4.74 Å². The molecular formula is C34H37N3O4. The minimum atomic E-state index is -0.882. The van der Waals surface area contributed by atoms with Crippen molar-refractivity contribution >= 4 is 17.7 Å².